The Bertz CT molecular complexity index is 1080. The number of aromatic nitrogens is 1. The Hall–Kier alpha value is -2.94. The average molecular weight is 501 g/mol. The minimum atomic E-state index is -4.53. The van der Waals surface area contributed by atoms with Crippen LogP contribution in [0.15, 0.2) is 48.8 Å². The Kier molecular flexibility index (Phi) is 7.01. The van der Waals surface area contributed by atoms with E-state index < -0.39 is 17.6 Å². The minimum absolute atomic E-state index is 0.0124. The van der Waals surface area contributed by atoms with Gasteiger partial charge >= 0.3 is 6.18 Å². The monoisotopic (exact) mass is 500 g/mol. The highest BCUT2D eigenvalue weighted by molar-refractivity contribution is 5.96. The van der Waals surface area contributed by atoms with Gasteiger partial charge in [-0.15, -0.1) is 0 Å². The first kappa shape index (κ1) is 24.7. The van der Waals surface area contributed by atoms with Crippen LogP contribution in [0.2, 0.25) is 0 Å². The van der Waals surface area contributed by atoms with Crippen LogP contribution in [0.1, 0.15) is 59.5 Å². The summed E-state index contributed by atoms with van der Waals surface area (Å²) >= 11 is 0. The number of nitrogens with one attached hydrogen (secondary N) is 2. The van der Waals surface area contributed by atoms with Crippen molar-refractivity contribution in [2.45, 2.75) is 56.3 Å². The van der Waals surface area contributed by atoms with E-state index in [-0.39, 0.29) is 24.1 Å². The Morgan fingerprint density at radius 3 is 2.53 bits per heavy atom. The van der Waals surface area contributed by atoms with Crippen LogP contribution in [0.5, 0.6) is 0 Å². The molecule has 2 aromatic rings. The molecule has 36 heavy (non-hydrogen) atoms. The molecule has 3 fully saturated rings. The van der Waals surface area contributed by atoms with Crippen molar-refractivity contribution in [1.82, 2.24) is 20.5 Å². The second-order valence-corrected chi connectivity index (χ2v) is 10.4. The summed E-state index contributed by atoms with van der Waals surface area (Å²) in [4.78, 5) is 31.6. The lowest BCUT2D eigenvalue weighted by Crippen LogP contribution is -2.47. The molecular weight excluding hydrogens is 469 g/mol. The van der Waals surface area contributed by atoms with E-state index in [9.17, 15) is 22.8 Å². The van der Waals surface area contributed by atoms with Crippen LogP contribution in [-0.4, -0.2) is 53.4 Å². The second kappa shape index (κ2) is 10.2. The number of hydrogen-bond donors (Lipinski definition) is 2. The smallest absolute Gasteiger partial charge is 0.350 e. The fraction of sp³-hybridized carbons (Fsp3) is 0.519. The summed E-state index contributed by atoms with van der Waals surface area (Å²) in [6.45, 7) is 1.46. The van der Waals surface area contributed by atoms with Crippen LogP contribution in [0, 0.1) is 11.8 Å². The zero-order valence-electron chi connectivity index (χ0n) is 20.0. The maximum absolute atomic E-state index is 12.9. The number of likely N-dealkylation sites (tertiary alicyclic amines) is 1. The van der Waals surface area contributed by atoms with Gasteiger partial charge in [-0.2, -0.15) is 13.2 Å². The predicted octanol–water partition coefficient (Wildman–Crippen LogP) is 3.99. The maximum Gasteiger partial charge on any atom is 0.416 e. The number of hydrogen-bond acceptors (Lipinski definition) is 4. The fourth-order valence-electron chi connectivity index (χ4n) is 6.54. The standard InChI is InChI=1S/C27H31F3N4O2/c28-27(29,30)22-5-1-3-19(13-22)26(36)32-15-24(35)33-23-8-10-34(16-23)25-17-6-7-18(25)12-21(11-17)20-4-2-9-31-14-20/h1-5,9,13-14,17-18,21,23,25H,6-8,10-12,15-16H2,(H,32,36)(H,33,35). The molecule has 5 rings (SSSR count). The van der Waals surface area contributed by atoms with Crippen molar-refractivity contribution in [2.75, 3.05) is 19.6 Å². The summed E-state index contributed by atoms with van der Waals surface area (Å²) in [6, 6.07) is 8.95. The van der Waals surface area contributed by atoms with Crippen LogP contribution < -0.4 is 10.6 Å². The summed E-state index contributed by atoms with van der Waals surface area (Å²) in [6.07, 6.45) is 5.01. The van der Waals surface area contributed by atoms with Crippen molar-refractivity contribution < 1.29 is 22.8 Å². The molecule has 0 spiro atoms. The topological polar surface area (TPSA) is 74.3 Å². The third kappa shape index (κ3) is 5.40. The largest absolute Gasteiger partial charge is 0.416 e. The SMILES string of the molecule is O=C(CNC(=O)c1cccc(C(F)(F)F)c1)NC1CCN(C2C3CCC2CC(c2cccnc2)C3)C1. The van der Waals surface area contributed by atoms with Crippen molar-refractivity contribution in [3.05, 3.63) is 65.5 Å². The Morgan fingerprint density at radius 2 is 1.83 bits per heavy atom. The lowest BCUT2D eigenvalue weighted by atomic mass is 9.74. The average Bonchev–Trinajstić information content (AvgIpc) is 3.43. The molecule has 192 valence electrons. The van der Waals surface area contributed by atoms with Gasteiger partial charge in [-0.05, 0) is 79.7 Å². The highest BCUT2D eigenvalue weighted by atomic mass is 19.4. The Balaban J connectivity index is 1.10. The molecule has 2 saturated carbocycles. The van der Waals surface area contributed by atoms with Crippen LogP contribution in [-0.2, 0) is 11.0 Å². The molecular formula is C27H31F3N4O2. The van der Waals surface area contributed by atoms with Gasteiger partial charge in [0.2, 0.25) is 5.91 Å². The van der Waals surface area contributed by atoms with Gasteiger partial charge in [0.1, 0.15) is 0 Å². The summed E-state index contributed by atoms with van der Waals surface area (Å²) in [5.74, 6) is 0.869. The number of halogens is 3. The van der Waals surface area contributed by atoms with Gasteiger partial charge in [-0.25, -0.2) is 0 Å². The third-order valence-electron chi connectivity index (χ3n) is 8.07. The number of alkyl halides is 3. The van der Waals surface area contributed by atoms with E-state index in [0.717, 1.165) is 31.6 Å². The van der Waals surface area contributed by atoms with E-state index in [1.165, 1.54) is 43.4 Å². The van der Waals surface area contributed by atoms with Gasteiger partial charge in [0.05, 0.1) is 12.1 Å². The van der Waals surface area contributed by atoms with Gasteiger partial charge in [0.25, 0.3) is 5.91 Å². The second-order valence-electron chi connectivity index (χ2n) is 10.4. The summed E-state index contributed by atoms with van der Waals surface area (Å²) in [5.41, 5.74) is 0.322. The van der Waals surface area contributed by atoms with E-state index in [0.29, 0.717) is 23.8 Å². The first-order valence-corrected chi connectivity index (χ1v) is 12.7. The summed E-state index contributed by atoms with van der Waals surface area (Å²) in [7, 11) is 0. The molecule has 1 aromatic heterocycles. The number of amides is 2. The molecule has 9 heteroatoms. The van der Waals surface area contributed by atoms with Crippen LogP contribution in [0.4, 0.5) is 13.2 Å². The van der Waals surface area contributed by atoms with Crippen LogP contribution in [0.3, 0.4) is 0 Å². The van der Waals surface area contributed by atoms with Gasteiger partial charge in [-0.3, -0.25) is 19.5 Å². The lowest BCUT2D eigenvalue weighted by molar-refractivity contribution is -0.137. The van der Waals surface area contributed by atoms with Gasteiger partial charge in [0, 0.05) is 43.1 Å². The molecule has 2 aliphatic carbocycles. The molecule has 2 heterocycles. The molecule has 1 aliphatic heterocycles. The van der Waals surface area contributed by atoms with E-state index in [2.05, 4.69) is 26.6 Å². The number of nitrogens with zero attached hydrogens (tertiary/aromatic N) is 2. The Labute approximate surface area is 208 Å². The lowest BCUT2D eigenvalue weighted by Gasteiger charge is -2.41. The molecule has 1 saturated heterocycles. The van der Waals surface area contributed by atoms with Crippen molar-refractivity contribution in [3.8, 4) is 0 Å². The van der Waals surface area contributed by atoms with Crippen molar-refractivity contribution in [1.29, 1.82) is 0 Å². The van der Waals surface area contributed by atoms with Crippen LogP contribution in [0.25, 0.3) is 0 Å². The zero-order valence-corrected chi connectivity index (χ0v) is 20.0. The summed E-state index contributed by atoms with van der Waals surface area (Å²) < 4.78 is 38.7. The molecule has 6 nitrogen and oxygen atoms in total. The molecule has 0 radical (unpaired) electrons. The molecule has 2 amide bonds. The Morgan fingerprint density at radius 1 is 1.06 bits per heavy atom. The summed E-state index contributed by atoms with van der Waals surface area (Å²) in [5, 5.41) is 5.42. The molecule has 1 aromatic carbocycles. The number of carbonyl (C=O) groups excluding carboxylic acids is 2. The first-order valence-electron chi connectivity index (χ1n) is 12.7. The number of fused-ring (bicyclic) bond motifs is 2. The number of carbonyl (C=O) groups is 2. The molecule has 2 N–H and O–H groups in total. The molecule has 3 atom stereocenters. The molecule has 2 bridgehead atoms. The van der Waals surface area contributed by atoms with E-state index in [4.69, 9.17) is 0 Å². The van der Waals surface area contributed by atoms with E-state index in [1.54, 1.807) is 0 Å². The zero-order chi connectivity index (χ0) is 25.3. The maximum atomic E-state index is 12.9. The fourth-order valence-corrected chi connectivity index (χ4v) is 6.54. The molecule has 3 aliphatic rings. The highest BCUT2D eigenvalue weighted by Crippen LogP contribution is 2.50. The van der Waals surface area contributed by atoms with Gasteiger partial charge in [0.15, 0.2) is 0 Å². The minimum Gasteiger partial charge on any atom is -0.350 e. The van der Waals surface area contributed by atoms with Gasteiger partial charge < -0.3 is 10.6 Å². The normalized spacial score (nSPS) is 28.1. The van der Waals surface area contributed by atoms with E-state index >= 15 is 0 Å². The number of pyridine rings is 1. The van der Waals surface area contributed by atoms with Crippen LogP contribution >= 0.6 is 0 Å². The molecule has 3 unspecified atom stereocenters. The highest BCUT2D eigenvalue weighted by Gasteiger charge is 2.47. The van der Waals surface area contributed by atoms with Crippen molar-refractivity contribution in [2.24, 2.45) is 11.8 Å². The van der Waals surface area contributed by atoms with Crippen molar-refractivity contribution >= 4 is 11.8 Å². The first-order chi connectivity index (χ1) is 17.3. The van der Waals surface area contributed by atoms with Gasteiger partial charge in [-0.1, -0.05) is 12.1 Å². The van der Waals surface area contributed by atoms with Crippen molar-refractivity contribution in [3.63, 3.8) is 0 Å². The number of rotatable bonds is 6. The predicted molar refractivity (Wildman–Crippen MR) is 128 cm³/mol. The quantitative estimate of drug-likeness (QED) is 0.629. The number of benzene rings is 1. The third-order valence-corrected chi connectivity index (χ3v) is 8.07. The van der Waals surface area contributed by atoms with E-state index in [1.807, 2.05) is 18.5 Å².